The van der Waals surface area contributed by atoms with Crippen LogP contribution >= 0.6 is 0 Å². The van der Waals surface area contributed by atoms with Crippen LogP contribution < -0.4 is 5.32 Å². The van der Waals surface area contributed by atoms with Crippen LogP contribution in [0.15, 0.2) is 34.7 Å². The number of hydrogen-bond donors (Lipinski definition) is 1. The van der Waals surface area contributed by atoms with Crippen LogP contribution in [0.3, 0.4) is 0 Å². The zero-order valence-corrected chi connectivity index (χ0v) is 9.94. The third-order valence-corrected chi connectivity index (χ3v) is 3.24. The van der Waals surface area contributed by atoms with Gasteiger partial charge in [0, 0.05) is 5.56 Å². The molecule has 2 aromatic rings. The number of nitrogens with one attached hydrogen (secondary N) is 1. The summed E-state index contributed by atoms with van der Waals surface area (Å²) in [4.78, 5) is 4.63. The molecule has 3 heteroatoms. The van der Waals surface area contributed by atoms with Crippen LogP contribution in [0.4, 0.5) is 0 Å². The SMILES string of the molecule is Cc1oc(-c2ccccc2)nc1C1CCCN1. The summed E-state index contributed by atoms with van der Waals surface area (Å²) in [6, 6.07) is 10.4. The monoisotopic (exact) mass is 228 g/mol. The van der Waals surface area contributed by atoms with Gasteiger partial charge in [-0.1, -0.05) is 18.2 Å². The highest BCUT2D eigenvalue weighted by Gasteiger charge is 2.23. The van der Waals surface area contributed by atoms with Crippen molar-refractivity contribution < 1.29 is 4.42 Å². The highest BCUT2D eigenvalue weighted by molar-refractivity contribution is 5.53. The van der Waals surface area contributed by atoms with E-state index < -0.39 is 0 Å². The van der Waals surface area contributed by atoms with Gasteiger partial charge < -0.3 is 9.73 Å². The summed E-state index contributed by atoms with van der Waals surface area (Å²) >= 11 is 0. The van der Waals surface area contributed by atoms with Gasteiger partial charge in [0.2, 0.25) is 5.89 Å². The molecule has 1 atom stereocenters. The van der Waals surface area contributed by atoms with Crippen molar-refractivity contribution in [3.05, 3.63) is 41.8 Å². The van der Waals surface area contributed by atoms with Crippen LogP contribution in [0.5, 0.6) is 0 Å². The van der Waals surface area contributed by atoms with E-state index in [1.807, 2.05) is 37.3 Å². The molecule has 0 aliphatic carbocycles. The summed E-state index contributed by atoms with van der Waals surface area (Å²) in [7, 11) is 0. The summed E-state index contributed by atoms with van der Waals surface area (Å²) < 4.78 is 5.76. The first-order valence-electron chi connectivity index (χ1n) is 6.11. The van der Waals surface area contributed by atoms with Crippen molar-refractivity contribution in [2.45, 2.75) is 25.8 Å². The number of benzene rings is 1. The Morgan fingerprint density at radius 3 is 2.82 bits per heavy atom. The minimum atomic E-state index is 0.371. The minimum Gasteiger partial charge on any atom is -0.441 e. The Morgan fingerprint density at radius 1 is 1.29 bits per heavy atom. The molecule has 17 heavy (non-hydrogen) atoms. The average molecular weight is 228 g/mol. The molecule has 0 radical (unpaired) electrons. The number of rotatable bonds is 2. The molecule has 1 fully saturated rings. The molecule has 1 N–H and O–H groups in total. The highest BCUT2D eigenvalue weighted by Crippen LogP contribution is 2.29. The number of aryl methyl sites for hydroxylation is 1. The van der Waals surface area contributed by atoms with Crippen molar-refractivity contribution in [2.75, 3.05) is 6.54 Å². The van der Waals surface area contributed by atoms with Gasteiger partial charge in [-0.2, -0.15) is 0 Å². The fraction of sp³-hybridized carbons (Fsp3) is 0.357. The van der Waals surface area contributed by atoms with Gasteiger partial charge >= 0.3 is 0 Å². The summed E-state index contributed by atoms with van der Waals surface area (Å²) in [6.07, 6.45) is 2.37. The Bertz CT molecular complexity index is 498. The van der Waals surface area contributed by atoms with Crippen molar-refractivity contribution in [1.82, 2.24) is 10.3 Å². The average Bonchev–Trinajstić information content (AvgIpc) is 2.99. The van der Waals surface area contributed by atoms with Crippen molar-refractivity contribution in [3.8, 4) is 11.5 Å². The molecule has 88 valence electrons. The van der Waals surface area contributed by atoms with Gasteiger partial charge in [0.1, 0.15) is 5.76 Å². The van der Waals surface area contributed by atoms with Crippen molar-refractivity contribution in [2.24, 2.45) is 0 Å². The van der Waals surface area contributed by atoms with Gasteiger partial charge in [0.15, 0.2) is 0 Å². The lowest BCUT2D eigenvalue weighted by Gasteiger charge is -2.05. The first-order chi connectivity index (χ1) is 8.34. The van der Waals surface area contributed by atoms with E-state index in [9.17, 15) is 0 Å². The summed E-state index contributed by atoms with van der Waals surface area (Å²) in [5, 5.41) is 3.46. The minimum absolute atomic E-state index is 0.371. The van der Waals surface area contributed by atoms with E-state index in [1.165, 1.54) is 6.42 Å². The predicted octanol–water partition coefficient (Wildman–Crippen LogP) is 3.07. The summed E-state index contributed by atoms with van der Waals surface area (Å²) in [6.45, 7) is 3.08. The van der Waals surface area contributed by atoms with Gasteiger partial charge in [-0.05, 0) is 38.4 Å². The molecule has 1 saturated heterocycles. The first-order valence-corrected chi connectivity index (χ1v) is 6.11. The second-order valence-corrected chi connectivity index (χ2v) is 4.48. The topological polar surface area (TPSA) is 38.1 Å². The molecule has 0 amide bonds. The predicted molar refractivity (Wildman–Crippen MR) is 66.7 cm³/mol. The Hall–Kier alpha value is -1.61. The summed E-state index contributed by atoms with van der Waals surface area (Å²) in [5.41, 5.74) is 2.11. The van der Waals surface area contributed by atoms with Crippen LogP contribution in [0.1, 0.15) is 30.3 Å². The molecule has 0 spiro atoms. The van der Waals surface area contributed by atoms with Crippen LogP contribution in [0, 0.1) is 6.92 Å². The molecular formula is C14H16N2O. The largest absolute Gasteiger partial charge is 0.441 e. The zero-order valence-electron chi connectivity index (χ0n) is 9.94. The fourth-order valence-corrected chi connectivity index (χ4v) is 2.35. The van der Waals surface area contributed by atoms with E-state index in [-0.39, 0.29) is 0 Å². The van der Waals surface area contributed by atoms with Crippen molar-refractivity contribution >= 4 is 0 Å². The smallest absolute Gasteiger partial charge is 0.226 e. The summed E-state index contributed by atoms with van der Waals surface area (Å²) in [5.74, 6) is 1.66. The van der Waals surface area contributed by atoms with Gasteiger partial charge in [0.05, 0.1) is 11.7 Å². The third kappa shape index (κ3) is 1.98. The van der Waals surface area contributed by atoms with E-state index >= 15 is 0 Å². The maximum atomic E-state index is 5.76. The standard InChI is InChI=1S/C14H16N2O/c1-10-13(12-8-5-9-15-12)16-14(17-10)11-6-3-2-4-7-11/h2-4,6-7,12,15H,5,8-9H2,1H3. The van der Waals surface area contributed by atoms with E-state index in [1.54, 1.807) is 0 Å². The maximum absolute atomic E-state index is 5.76. The van der Waals surface area contributed by atoms with E-state index in [0.717, 1.165) is 35.9 Å². The Morgan fingerprint density at radius 2 is 2.12 bits per heavy atom. The van der Waals surface area contributed by atoms with E-state index in [2.05, 4.69) is 10.3 Å². The lowest BCUT2D eigenvalue weighted by molar-refractivity contribution is 0.529. The van der Waals surface area contributed by atoms with Gasteiger partial charge in [-0.15, -0.1) is 0 Å². The Balaban J connectivity index is 1.95. The molecule has 2 heterocycles. The van der Waals surface area contributed by atoms with Crippen LogP contribution in [-0.2, 0) is 0 Å². The van der Waals surface area contributed by atoms with Crippen LogP contribution in [0.25, 0.3) is 11.5 Å². The van der Waals surface area contributed by atoms with Gasteiger partial charge in [0.25, 0.3) is 0 Å². The van der Waals surface area contributed by atoms with Crippen LogP contribution in [-0.4, -0.2) is 11.5 Å². The molecule has 1 aromatic heterocycles. The normalized spacial score (nSPS) is 19.7. The molecular weight excluding hydrogens is 212 g/mol. The number of nitrogens with zero attached hydrogens (tertiary/aromatic N) is 1. The molecule has 1 aliphatic heterocycles. The number of aromatic nitrogens is 1. The molecule has 0 saturated carbocycles. The van der Waals surface area contributed by atoms with E-state index in [0.29, 0.717) is 6.04 Å². The molecule has 1 unspecified atom stereocenters. The molecule has 3 rings (SSSR count). The molecule has 1 aromatic carbocycles. The lowest BCUT2D eigenvalue weighted by atomic mass is 10.1. The number of hydrogen-bond acceptors (Lipinski definition) is 3. The lowest BCUT2D eigenvalue weighted by Crippen LogP contribution is -2.14. The van der Waals surface area contributed by atoms with Crippen molar-refractivity contribution in [3.63, 3.8) is 0 Å². The second kappa shape index (κ2) is 4.34. The highest BCUT2D eigenvalue weighted by atomic mass is 16.4. The Labute approximate surface area is 101 Å². The second-order valence-electron chi connectivity index (χ2n) is 4.48. The van der Waals surface area contributed by atoms with Gasteiger partial charge in [-0.25, -0.2) is 4.98 Å². The van der Waals surface area contributed by atoms with E-state index in [4.69, 9.17) is 4.42 Å². The fourth-order valence-electron chi connectivity index (χ4n) is 2.35. The molecule has 1 aliphatic rings. The first kappa shape index (κ1) is 10.5. The maximum Gasteiger partial charge on any atom is 0.226 e. The van der Waals surface area contributed by atoms with Crippen LogP contribution in [0.2, 0.25) is 0 Å². The molecule has 0 bridgehead atoms. The zero-order chi connectivity index (χ0) is 11.7. The third-order valence-electron chi connectivity index (χ3n) is 3.24. The quantitative estimate of drug-likeness (QED) is 0.858. The molecule has 3 nitrogen and oxygen atoms in total. The van der Waals surface area contributed by atoms with Gasteiger partial charge in [-0.3, -0.25) is 0 Å². The number of oxazole rings is 1. The Kier molecular flexibility index (Phi) is 2.69. The van der Waals surface area contributed by atoms with Crippen molar-refractivity contribution in [1.29, 1.82) is 0 Å².